The summed E-state index contributed by atoms with van der Waals surface area (Å²) in [5.41, 5.74) is 2.53. The van der Waals surface area contributed by atoms with E-state index in [1.165, 1.54) is 7.11 Å². The van der Waals surface area contributed by atoms with Gasteiger partial charge in [-0.05, 0) is 31.5 Å². The molecule has 158 valence electrons. The molecule has 0 unspecified atom stereocenters. The normalized spacial score (nSPS) is 18.6. The maximum absolute atomic E-state index is 13.0. The molecule has 2 aromatic carbocycles. The van der Waals surface area contributed by atoms with Crippen molar-refractivity contribution in [1.29, 1.82) is 0 Å². The van der Waals surface area contributed by atoms with Crippen LogP contribution in [0.4, 0.5) is 5.69 Å². The van der Waals surface area contributed by atoms with E-state index in [1.807, 2.05) is 55.5 Å². The molecular formula is C23H26N2O5. The van der Waals surface area contributed by atoms with Gasteiger partial charge >= 0.3 is 5.97 Å². The fourth-order valence-electron chi connectivity index (χ4n) is 3.81. The minimum Gasteiger partial charge on any atom is -0.496 e. The molecule has 1 fully saturated rings. The van der Waals surface area contributed by atoms with Crippen LogP contribution >= 0.6 is 0 Å². The Morgan fingerprint density at radius 1 is 1.10 bits per heavy atom. The lowest BCUT2D eigenvalue weighted by molar-refractivity contribution is -0.142. The molecule has 2 atom stereocenters. The zero-order valence-corrected chi connectivity index (χ0v) is 17.4. The molecule has 1 saturated heterocycles. The Morgan fingerprint density at radius 3 is 2.47 bits per heavy atom. The van der Waals surface area contributed by atoms with Crippen LogP contribution in [-0.2, 0) is 19.1 Å². The number of esters is 1. The van der Waals surface area contributed by atoms with E-state index in [0.717, 1.165) is 11.1 Å². The molecule has 7 nitrogen and oxygen atoms in total. The lowest BCUT2D eigenvalue weighted by atomic mass is 9.82. The van der Waals surface area contributed by atoms with Gasteiger partial charge in [0, 0.05) is 17.7 Å². The Labute approximate surface area is 176 Å². The summed E-state index contributed by atoms with van der Waals surface area (Å²) in [4.78, 5) is 39.2. The summed E-state index contributed by atoms with van der Waals surface area (Å²) in [6, 6.07) is 14.4. The number of carbonyl (C=O) groups is 3. The molecule has 0 aromatic heterocycles. The number of carbonyl (C=O) groups excluding carboxylic acids is 3. The summed E-state index contributed by atoms with van der Waals surface area (Å²) < 4.78 is 10.2. The van der Waals surface area contributed by atoms with Gasteiger partial charge in [-0.3, -0.25) is 14.4 Å². The second-order valence-electron chi connectivity index (χ2n) is 7.23. The van der Waals surface area contributed by atoms with E-state index in [2.05, 4.69) is 10.1 Å². The molecule has 0 aliphatic carbocycles. The van der Waals surface area contributed by atoms with Gasteiger partial charge in [0.25, 0.3) is 0 Å². The van der Waals surface area contributed by atoms with Crippen LogP contribution in [0, 0.1) is 12.8 Å². The lowest BCUT2D eigenvalue weighted by Gasteiger charge is -2.41. The van der Waals surface area contributed by atoms with E-state index in [9.17, 15) is 14.4 Å². The molecule has 0 bridgehead atoms. The van der Waals surface area contributed by atoms with Gasteiger partial charge < -0.3 is 19.7 Å². The molecular weight excluding hydrogens is 384 g/mol. The zero-order chi connectivity index (χ0) is 21.7. The smallest absolute Gasteiger partial charge is 0.325 e. The highest BCUT2D eigenvalue weighted by Gasteiger charge is 2.42. The van der Waals surface area contributed by atoms with Crippen molar-refractivity contribution in [2.45, 2.75) is 25.8 Å². The predicted molar refractivity (Wildman–Crippen MR) is 112 cm³/mol. The van der Waals surface area contributed by atoms with Crippen LogP contribution in [-0.4, -0.2) is 38.5 Å². The maximum atomic E-state index is 13.0. The van der Waals surface area contributed by atoms with Crippen LogP contribution in [0.2, 0.25) is 0 Å². The van der Waals surface area contributed by atoms with Gasteiger partial charge in [0.1, 0.15) is 12.3 Å². The first kappa shape index (κ1) is 21.4. The largest absolute Gasteiger partial charge is 0.496 e. The summed E-state index contributed by atoms with van der Waals surface area (Å²) in [6.45, 7) is 1.76. The average molecular weight is 410 g/mol. The number of piperidine rings is 1. The van der Waals surface area contributed by atoms with Crippen molar-refractivity contribution in [2.24, 2.45) is 5.92 Å². The number of rotatable bonds is 6. The Balaban J connectivity index is 2.05. The minimum absolute atomic E-state index is 0.0632. The van der Waals surface area contributed by atoms with Gasteiger partial charge in [0.2, 0.25) is 11.8 Å². The van der Waals surface area contributed by atoms with Gasteiger partial charge in [-0.1, -0.05) is 35.9 Å². The highest BCUT2D eigenvalue weighted by molar-refractivity contribution is 5.98. The van der Waals surface area contributed by atoms with E-state index < -0.39 is 17.9 Å². The number of hydrogen-bond acceptors (Lipinski definition) is 5. The number of amides is 2. The van der Waals surface area contributed by atoms with Crippen LogP contribution in [0.5, 0.6) is 5.75 Å². The third kappa shape index (κ3) is 4.45. The molecule has 0 saturated carbocycles. The van der Waals surface area contributed by atoms with E-state index in [-0.39, 0.29) is 24.8 Å². The average Bonchev–Trinajstić information content (AvgIpc) is 2.77. The van der Waals surface area contributed by atoms with Crippen LogP contribution in [0.25, 0.3) is 0 Å². The number of para-hydroxylation sites is 1. The Kier molecular flexibility index (Phi) is 6.72. The van der Waals surface area contributed by atoms with E-state index in [1.54, 1.807) is 12.0 Å². The standard InChI is InChI=1S/C23H26N2O5/c1-15-8-10-16(11-9-15)25-20(26)13-12-18(23(28)24-14-21(27)30-3)22(25)17-6-4-5-7-19(17)29-2/h4-11,18,22H,12-14H2,1-3H3,(H,24,28)/t18-,22+/m1/s1. The first-order valence-corrected chi connectivity index (χ1v) is 9.82. The van der Waals surface area contributed by atoms with Crippen LogP contribution in [0.15, 0.2) is 48.5 Å². The topological polar surface area (TPSA) is 84.9 Å². The molecule has 2 amide bonds. The zero-order valence-electron chi connectivity index (χ0n) is 17.4. The van der Waals surface area contributed by atoms with Gasteiger partial charge in [-0.2, -0.15) is 0 Å². The number of anilines is 1. The monoisotopic (exact) mass is 410 g/mol. The van der Waals surface area contributed by atoms with Gasteiger partial charge in [0.05, 0.1) is 26.2 Å². The number of benzene rings is 2. The fraction of sp³-hybridized carbons (Fsp3) is 0.348. The SMILES string of the molecule is COC(=O)CNC(=O)[C@@H]1CCC(=O)N(c2ccc(C)cc2)[C@H]1c1ccccc1OC. The quantitative estimate of drug-likeness (QED) is 0.741. The molecule has 1 N–H and O–H groups in total. The number of nitrogens with zero attached hydrogens (tertiary/aromatic N) is 1. The molecule has 1 aliphatic rings. The molecule has 3 rings (SSSR count). The number of nitrogens with one attached hydrogen (secondary N) is 1. The van der Waals surface area contributed by atoms with Crippen molar-refractivity contribution in [1.82, 2.24) is 5.32 Å². The highest BCUT2D eigenvalue weighted by Crippen LogP contribution is 2.43. The van der Waals surface area contributed by atoms with Crippen molar-refractivity contribution in [2.75, 3.05) is 25.7 Å². The molecule has 1 heterocycles. The van der Waals surface area contributed by atoms with Crippen molar-refractivity contribution in [3.8, 4) is 5.75 Å². The number of ether oxygens (including phenoxy) is 2. The predicted octanol–water partition coefficient (Wildman–Crippen LogP) is 2.78. The summed E-state index contributed by atoms with van der Waals surface area (Å²) in [5.74, 6) is -0.850. The molecule has 0 radical (unpaired) electrons. The Hall–Kier alpha value is -3.35. The van der Waals surface area contributed by atoms with Crippen molar-refractivity contribution in [3.05, 3.63) is 59.7 Å². The summed E-state index contributed by atoms with van der Waals surface area (Å²) in [7, 11) is 2.83. The third-order valence-corrected chi connectivity index (χ3v) is 5.34. The van der Waals surface area contributed by atoms with Crippen LogP contribution < -0.4 is 15.0 Å². The second-order valence-corrected chi connectivity index (χ2v) is 7.23. The van der Waals surface area contributed by atoms with Gasteiger partial charge in [-0.15, -0.1) is 0 Å². The molecule has 1 aliphatic heterocycles. The number of hydrogen-bond donors (Lipinski definition) is 1. The summed E-state index contributed by atoms with van der Waals surface area (Å²) in [5, 5.41) is 2.64. The number of aryl methyl sites for hydroxylation is 1. The van der Waals surface area contributed by atoms with E-state index in [0.29, 0.717) is 17.9 Å². The lowest BCUT2D eigenvalue weighted by Crippen LogP contribution is -2.49. The summed E-state index contributed by atoms with van der Waals surface area (Å²) >= 11 is 0. The second kappa shape index (κ2) is 9.43. The third-order valence-electron chi connectivity index (χ3n) is 5.34. The Bertz CT molecular complexity index is 925. The molecule has 7 heteroatoms. The van der Waals surface area contributed by atoms with E-state index in [4.69, 9.17) is 4.74 Å². The van der Waals surface area contributed by atoms with Gasteiger partial charge in [0.15, 0.2) is 0 Å². The van der Waals surface area contributed by atoms with E-state index >= 15 is 0 Å². The fourth-order valence-corrected chi connectivity index (χ4v) is 3.81. The summed E-state index contributed by atoms with van der Waals surface area (Å²) in [6.07, 6.45) is 0.604. The van der Waals surface area contributed by atoms with Crippen LogP contribution in [0.1, 0.15) is 30.0 Å². The minimum atomic E-state index is -0.567. The van der Waals surface area contributed by atoms with Gasteiger partial charge in [-0.25, -0.2) is 0 Å². The van der Waals surface area contributed by atoms with Crippen molar-refractivity contribution in [3.63, 3.8) is 0 Å². The molecule has 30 heavy (non-hydrogen) atoms. The van der Waals surface area contributed by atoms with Crippen molar-refractivity contribution < 1.29 is 23.9 Å². The highest BCUT2D eigenvalue weighted by atomic mass is 16.5. The first-order valence-electron chi connectivity index (χ1n) is 9.82. The van der Waals surface area contributed by atoms with Crippen molar-refractivity contribution >= 4 is 23.5 Å². The molecule has 0 spiro atoms. The molecule has 2 aromatic rings. The Morgan fingerprint density at radius 2 is 1.80 bits per heavy atom. The number of methoxy groups -OCH3 is 2. The first-order chi connectivity index (χ1) is 14.5. The maximum Gasteiger partial charge on any atom is 0.325 e. The van der Waals surface area contributed by atoms with Crippen LogP contribution in [0.3, 0.4) is 0 Å².